The number of rotatable bonds is 3. The van der Waals surface area contributed by atoms with Crippen LogP contribution in [0.25, 0.3) is 0 Å². The van der Waals surface area contributed by atoms with Crippen LogP contribution in [0.5, 0.6) is 0 Å². The second kappa shape index (κ2) is 6.82. The Morgan fingerprint density at radius 3 is 2.42 bits per heavy atom. The number of nitrogens with one attached hydrogen (secondary N) is 1. The van der Waals surface area contributed by atoms with Gasteiger partial charge in [-0.05, 0) is 31.2 Å². The summed E-state index contributed by atoms with van der Waals surface area (Å²) in [4.78, 5) is 26.1. The number of alkyl halides is 3. The summed E-state index contributed by atoms with van der Waals surface area (Å²) in [5, 5.41) is 2.32. The zero-order chi connectivity index (χ0) is 18.9. The molecule has 1 heterocycles. The summed E-state index contributed by atoms with van der Waals surface area (Å²) in [6.07, 6.45) is -4.60. The first-order valence-electron chi connectivity index (χ1n) is 8.10. The number of aryl methyl sites for hydroxylation is 1. The molecule has 0 unspecified atom stereocenters. The van der Waals surface area contributed by atoms with Crippen molar-refractivity contribution in [1.82, 2.24) is 0 Å². The molecule has 2 aromatic rings. The number of amides is 2. The number of hydrogen-bond donors (Lipinski definition) is 1. The molecule has 0 saturated carbocycles. The van der Waals surface area contributed by atoms with Gasteiger partial charge < -0.3 is 10.2 Å². The largest absolute Gasteiger partial charge is 0.418 e. The number of benzene rings is 2. The lowest BCUT2D eigenvalue weighted by Crippen LogP contribution is -2.28. The van der Waals surface area contributed by atoms with E-state index in [0.717, 1.165) is 11.6 Å². The van der Waals surface area contributed by atoms with Crippen LogP contribution in [0.3, 0.4) is 0 Å². The molecule has 1 saturated heterocycles. The number of halogens is 3. The molecule has 3 rings (SSSR count). The second-order valence-corrected chi connectivity index (χ2v) is 6.27. The summed E-state index contributed by atoms with van der Waals surface area (Å²) in [6, 6.07) is 12.1. The van der Waals surface area contributed by atoms with Crippen molar-refractivity contribution in [3.8, 4) is 0 Å². The average molecular weight is 362 g/mol. The zero-order valence-electron chi connectivity index (χ0n) is 14.0. The zero-order valence-corrected chi connectivity index (χ0v) is 14.0. The van der Waals surface area contributed by atoms with Crippen molar-refractivity contribution in [2.45, 2.75) is 19.5 Å². The van der Waals surface area contributed by atoms with Crippen LogP contribution < -0.4 is 10.2 Å². The highest BCUT2D eigenvalue weighted by molar-refractivity contribution is 6.03. The Morgan fingerprint density at radius 2 is 1.77 bits per heavy atom. The van der Waals surface area contributed by atoms with Crippen LogP contribution in [0.4, 0.5) is 24.5 Å². The first kappa shape index (κ1) is 18.0. The van der Waals surface area contributed by atoms with Crippen molar-refractivity contribution in [2.24, 2.45) is 5.92 Å². The first-order chi connectivity index (χ1) is 12.3. The molecule has 136 valence electrons. The molecule has 2 aromatic carbocycles. The van der Waals surface area contributed by atoms with E-state index in [2.05, 4.69) is 5.32 Å². The minimum absolute atomic E-state index is 0.0338. The summed E-state index contributed by atoms with van der Waals surface area (Å²) >= 11 is 0. The van der Waals surface area contributed by atoms with Crippen molar-refractivity contribution in [3.05, 3.63) is 59.7 Å². The Balaban J connectivity index is 1.74. The van der Waals surface area contributed by atoms with Gasteiger partial charge in [0, 0.05) is 18.7 Å². The van der Waals surface area contributed by atoms with Gasteiger partial charge >= 0.3 is 6.18 Å². The molecule has 7 heteroatoms. The van der Waals surface area contributed by atoms with Crippen molar-refractivity contribution in [3.63, 3.8) is 0 Å². The molecular formula is C19H17F3N2O2. The Labute approximate surface area is 148 Å². The van der Waals surface area contributed by atoms with Gasteiger partial charge in [-0.3, -0.25) is 9.59 Å². The summed E-state index contributed by atoms with van der Waals surface area (Å²) in [5.74, 6) is -1.52. The summed E-state index contributed by atoms with van der Waals surface area (Å²) < 4.78 is 39.1. The van der Waals surface area contributed by atoms with Crippen LogP contribution in [0.2, 0.25) is 0 Å². The van der Waals surface area contributed by atoms with Crippen LogP contribution >= 0.6 is 0 Å². The Hall–Kier alpha value is -2.83. The predicted molar refractivity (Wildman–Crippen MR) is 91.7 cm³/mol. The molecule has 1 fully saturated rings. The maximum Gasteiger partial charge on any atom is 0.418 e. The molecule has 0 aromatic heterocycles. The molecule has 0 bridgehead atoms. The van der Waals surface area contributed by atoms with Crippen molar-refractivity contribution < 1.29 is 22.8 Å². The summed E-state index contributed by atoms with van der Waals surface area (Å²) in [5.41, 5.74) is 0.504. The Morgan fingerprint density at radius 1 is 1.12 bits per heavy atom. The molecule has 2 amide bonds. The van der Waals surface area contributed by atoms with E-state index >= 15 is 0 Å². The molecule has 0 radical (unpaired) electrons. The highest BCUT2D eigenvalue weighted by Crippen LogP contribution is 2.35. The molecule has 1 aliphatic rings. The van der Waals surface area contributed by atoms with E-state index in [4.69, 9.17) is 0 Å². The molecule has 1 N–H and O–H groups in total. The van der Waals surface area contributed by atoms with Gasteiger partial charge in [-0.1, -0.05) is 29.8 Å². The van der Waals surface area contributed by atoms with Gasteiger partial charge in [-0.15, -0.1) is 0 Å². The van der Waals surface area contributed by atoms with Crippen molar-refractivity contribution in [2.75, 3.05) is 16.8 Å². The number of hydrogen-bond acceptors (Lipinski definition) is 2. The number of nitrogens with zero attached hydrogens (tertiary/aromatic N) is 1. The second-order valence-electron chi connectivity index (χ2n) is 6.27. The normalized spacial score (nSPS) is 17.5. The number of para-hydroxylation sites is 1. The maximum absolute atomic E-state index is 13.0. The van der Waals surface area contributed by atoms with E-state index in [1.165, 1.54) is 23.1 Å². The lowest BCUT2D eigenvalue weighted by Gasteiger charge is -2.18. The van der Waals surface area contributed by atoms with Gasteiger partial charge in [0.15, 0.2) is 0 Å². The third kappa shape index (κ3) is 3.71. The van der Waals surface area contributed by atoms with Gasteiger partial charge in [-0.2, -0.15) is 13.2 Å². The highest BCUT2D eigenvalue weighted by atomic mass is 19.4. The van der Waals surface area contributed by atoms with Gasteiger partial charge in [0.1, 0.15) is 0 Å². The molecule has 26 heavy (non-hydrogen) atoms. The molecular weight excluding hydrogens is 345 g/mol. The lowest BCUT2D eigenvalue weighted by atomic mass is 10.1. The van der Waals surface area contributed by atoms with E-state index in [-0.39, 0.29) is 24.6 Å². The van der Waals surface area contributed by atoms with Crippen LogP contribution in [-0.4, -0.2) is 18.4 Å². The SMILES string of the molecule is Cc1ccc(N2C[C@@H](C(=O)Nc3ccccc3C(F)(F)F)CC2=O)cc1. The summed E-state index contributed by atoms with van der Waals surface area (Å²) in [6.45, 7) is 2.06. The minimum atomic E-state index is -4.57. The fraction of sp³-hybridized carbons (Fsp3) is 0.263. The number of anilines is 2. The van der Waals surface area contributed by atoms with Gasteiger partial charge in [0.25, 0.3) is 0 Å². The quantitative estimate of drug-likeness (QED) is 0.897. The number of carbonyl (C=O) groups is 2. The van der Waals surface area contributed by atoms with Gasteiger partial charge in [0.05, 0.1) is 17.2 Å². The average Bonchev–Trinajstić information content (AvgIpc) is 2.97. The van der Waals surface area contributed by atoms with Gasteiger partial charge in [-0.25, -0.2) is 0 Å². The van der Waals surface area contributed by atoms with Crippen molar-refractivity contribution in [1.29, 1.82) is 0 Å². The Bertz CT molecular complexity index is 831. The van der Waals surface area contributed by atoms with Crippen LogP contribution in [0.15, 0.2) is 48.5 Å². The smallest absolute Gasteiger partial charge is 0.325 e. The molecule has 0 aliphatic carbocycles. The topological polar surface area (TPSA) is 49.4 Å². The van der Waals surface area contributed by atoms with Crippen LogP contribution in [0, 0.1) is 12.8 Å². The first-order valence-corrected chi connectivity index (χ1v) is 8.10. The molecule has 0 spiro atoms. The highest BCUT2D eigenvalue weighted by Gasteiger charge is 2.37. The lowest BCUT2D eigenvalue weighted by molar-refractivity contribution is -0.137. The molecule has 1 aliphatic heterocycles. The van der Waals surface area contributed by atoms with Crippen LogP contribution in [0.1, 0.15) is 17.5 Å². The Kier molecular flexibility index (Phi) is 4.71. The van der Waals surface area contributed by atoms with E-state index in [1.807, 2.05) is 19.1 Å². The third-order valence-corrected chi connectivity index (χ3v) is 4.33. The summed E-state index contributed by atoms with van der Waals surface area (Å²) in [7, 11) is 0. The minimum Gasteiger partial charge on any atom is -0.325 e. The van der Waals surface area contributed by atoms with E-state index in [1.54, 1.807) is 12.1 Å². The standard InChI is InChI=1S/C19H17F3N2O2/c1-12-6-8-14(9-7-12)24-11-13(10-17(24)25)18(26)23-16-5-3-2-4-15(16)19(20,21)22/h2-9,13H,10-11H2,1H3,(H,23,26)/t13-/m0/s1. The van der Waals surface area contributed by atoms with Crippen LogP contribution in [-0.2, 0) is 15.8 Å². The molecule has 4 nitrogen and oxygen atoms in total. The fourth-order valence-electron chi connectivity index (χ4n) is 2.93. The number of carbonyl (C=O) groups excluding carboxylic acids is 2. The predicted octanol–water partition coefficient (Wildman–Crippen LogP) is 4.01. The van der Waals surface area contributed by atoms with E-state index in [9.17, 15) is 22.8 Å². The van der Waals surface area contributed by atoms with E-state index in [0.29, 0.717) is 5.69 Å². The van der Waals surface area contributed by atoms with Gasteiger partial charge in [0.2, 0.25) is 11.8 Å². The fourth-order valence-corrected chi connectivity index (χ4v) is 2.93. The monoisotopic (exact) mass is 362 g/mol. The maximum atomic E-state index is 13.0. The van der Waals surface area contributed by atoms with E-state index < -0.39 is 23.6 Å². The molecule has 1 atom stereocenters. The van der Waals surface area contributed by atoms with Crippen molar-refractivity contribution >= 4 is 23.2 Å². The third-order valence-electron chi connectivity index (χ3n) is 4.33.